The van der Waals surface area contributed by atoms with E-state index >= 15 is 0 Å². The maximum absolute atomic E-state index is 13.9. The summed E-state index contributed by atoms with van der Waals surface area (Å²) in [5.74, 6) is -0.190. The Balaban J connectivity index is 2.00. The molecule has 0 saturated heterocycles. The van der Waals surface area contributed by atoms with Crippen LogP contribution in [0.2, 0.25) is 10.0 Å². The van der Waals surface area contributed by atoms with Gasteiger partial charge in [0.15, 0.2) is 11.5 Å². The van der Waals surface area contributed by atoms with Crippen molar-refractivity contribution in [2.45, 2.75) is 59.2 Å². The van der Waals surface area contributed by atoms with Gasteiger partial charge in [0.05, 0.1) is 21.5 Å². The molecule has 0 fully saturated rings. The van der Waals surface area contributed by atoms with E-state index in [-0.39, 0.29) is 29.9 Å². The lowest BCUT2D eigenvalue weighted by atomic mass is 10.1. The van der Waals surface area contributed by atoms with E-state index in [1.165, 1.54) is 11.8 Å². The van der Waals surface area contributed by atoms with Gasteiger partial charge in [0, 0.05) is 18.7 Å². The van der Waals surface area contributed by atoms with Gasteiger partial charge in [-0.3, -0.25) is 13.9 Å². The molecule has 2 aromatic rings. The first-order valence-corrected chi connectivity index (χ1v) is 15.3. The number of hydrogen-bond donors (Lipinski definition) is 1. The molecule has 39 heavy (non-hydrogen) atoms. The molecule has 1 aliphatic heterocycles. The van der Waals surface area contributed by atoms with Gasteiger partial charge in [-0.1, -0.05) is 43.1 Å². The number of halogens is 2. The predicted molar refractivity (Wildman–Crippen MR) is 153 cm³/mol. The Morgan fingerprint density at radius 3 is 2.28 bits per heavy atom. The number of rotatable bonds is 12. The molecule has 0 radical (unpaired) electrons. The molecule has 1 heterocycles. The fourth-order valence-electron chi connectivity index (χ4n) is 4.10. The molecule has 0 aliphatic carbocycles. The summed E-state index contributed by atoms with van der Waals surface area (Å²) in [6.45, 7) is 7.38. The third-order valence-corrected chi connectivity index (χ3v) is 9.00. The molecule has 0 unspecified atom stereocenters. The molecular formula is C27H35Cl2N3O6S. The van der Waals surface area contributed by atoms with Crippen LogP contribution in [0.15, 0.2) is 36.4 Å². The van der Waals surface area contributed by atoms with Crippen molar-refractivity contribution in [2.75, 3.05) is 29.8 Å². The number of nitrogens with one attached hydrogen (secondary N) is 1. The van der Waals surface area contributed by atoms with Crippen LogP contribution in [0.3, 0.4) is 0 Å². The monoisotopic (exact) mass is 599 g/mol. The normalized spacial score (nSPS) is 14.3. The lowest BCUT2D eigenvalue weighted by Gasteiger charge is -2.34. The second kappa shape index (κ2) is 13.6. The van der Waals surface area contributed by atoms with E-state index in [0.29, 0.717) is 46.7 Å². The van der Waals surface area contributed by atoms with E-state index in [4.69, 9.17) is 32.7 Å². The van der Waals surface area contributed by atoms with Crippen molar-refractivity contribution in [3.63, 3.8) is 0 Å². The second-order valence-electron chi connectivity index (χ2n) is 9.25. The summed E-state index contributed by atoms with van der Waals surface area (Å²) in [7, 11) is -3.88. The summed E-state index contributed by atoms with van der Waals surface area (Å²) in [5, 5.41) is 3.61. The number of fused-ring (bicyclic) bond motifs is 1. The Morgan fingerprint density at radius 1 is 0.974 bits per heavy atom. The van der Waals surface area contributed by atoms with Gasteiger partial charge >= 0.3 is 0 Å². The molecule has 0 spiro atoms. The number of ether oxygens (including phenoxy) is 2. The fraction of sp³-hybridized carbons (Fsp3) is 0.481. The molecule has 214 valence electrons. The van der Waals surface area contributed by atoms with Crippen LogP contribution in [0.4, 0.5) is 5.69 Å². The number of nitrogens with zero attached hydrogens (tertiary/aromatic N) is 2. The fourth-order valence-corrected chi connectivity index (χ4v) is 5.48. The first-order chi connectivity index (χ1) is 18.5. The first-order valence-electron chi connectivity index (χ1n) is 12.9. The molecule has 1 aliphatic rings. The SMILES string of the molecule is CC[C@H](C)NC(=O)[C@H](CC)N(Cc1ccc(Cl)c(Cl)c1)C(=O)CN(c1ccc2c(c1)OCCO2)S(=O)(=O)CC. The maximum atomic E-state index is 13.9. The molecule has 2 amide bonds. The molecule has 0 aromatic heterocycles. The minimum absolute atomic E-state index is 0.0311. The van der Waals surface area contributed by atoms with Crippen LogP contribution in [0.25, 0.3) is 0 Å². The Labute approximate surface area is 240 Å². The molecule has 1 N–H and O–H groups in total. The third-order valence-electron chi connectivity index (χ3n) is 6.52. The van der Waals surface area contributed by atoms with Gasteiger partial charge < -0.3 is 19.7 Å². The van der Waals surface area contributed by atoms with E-state index in [2.05, 4.69) is 5.32 Å². The summed E-state index contributed by atoms with van der Waals surface area (Å²) in [4.78, 5) is 28.6. The van der Waals surface area contributed by atoms with E-state index in [1.807, 2.05) is 13.8 Å². The molecule has 9 nitrogen and oxygen atoms in total. The lowest BCUT2D eigenvalue weighted by Crippen LogP contribution is -2.53. The van der Waals surface area contributed by atoms with Gasteiger partial charge in [0.2, 0.25) is 21.8 Å². The zero-order valence-electron chi connectivity index (χ0n) is 22.6. The zero-order valence-corrected chi connectivity index (χ0v) is 24.9. The molecule has 2 aromatic carbocycles. The molecule has 3 rings (SSSR count). The van der Waals surface area contributed by atoms with Gasteiger partial charge in [-0.2, -0.15) is 0 Å². The van der Waals surface area contributed by atoms with Crippen LogP contribution >= 0.6 is 23.2 Å². The highest BCUT2D eigenvalue weighted by molar-refractivity contribution is 7.92. The Hall–Kier alpha value is -2.69. The van der Waals surface area contributed by atoms with Crippen LogP contribution in [0.1, 0.15) is 46.1 Å². The first kappa shape index (κ1) is 30.8. The van der Waals surface area contributed by atoms with Gasteiger partial charge in [-0.25, -0.2) is 8.42 Å². The summed E-state index contributed by atoms with van der Waals surface area (Å²) < 4.78 is 38.6. The molecule has 12 heteroatoms. The van der Waals surface area contributed by atoms with Crippen molar-refractivity contribution in [2.24, 2.45) is 0 Å². The van der Waals surface area contributed by atoms with Crippen LogP contribution < -0.4 is 19.1 Å². The standard InChI is InChI=1S/C27H35Cl2N3O6S/c1-5-18(4)30-27(34)23(6-2)31(16-19-8-10-21(28)22(29)14-19)26(33)17-32(39(35,36)7-3)20-9-11-24-25(15-20)38-13-12-37-24/h8-11,14-15,18,23H,5-7,12-13,16-17H2,1-4H3,(H,30,34)/t18-,23-/m0/s1. The second-order valence-corrected chi connectivity index (χ2v) is 12.2. The zero-order chi connectivity index (χ0) is 28.7. The number of carbonyl (C=O) groups is 2. The highest BCUT2D eigenvalue weighted by atomic mass is 35.5. The van der Waals surface area contributed by atoms with E-state index in [0.717, 1.165) is 10.7 Å². The van der Waals surface area contributed by atoms with Crippen molar-refractivity contribution in [3.8, 4) is 11.5 Å². The molecule has 0 saturated carbocycles. The van der Waals surface area contributed by atoms with Crippen molar-refractivity contribution in [1.29, 1.82) is 0 Å². The van der Waals surface area contributed by atoms with Crippen molar-refractivity contribution >= 4 is 50.7 Å². The van der Waals surface area contributed by atoms with E-state index < -0.39 is 28.5 Å². The molecule has 0 bridgehead atoms. The quantitative estimate of drug-likeness (QED) is 0.381. The highest BCUT2D eigenvalue weighted by Crippen LogP contribution is 2.35. The minimum Gasteiger partial charge on any atom is -0.486 e. The van der Waals surface area contributed by atoms with Gasteiger partial charge in [-0.15, -0.1) is 0 Å². The van der Waals surface area contributed by atoms with Gasteiger partial charge in [-0.05, 0) is 56.5 Å². The lowest BCUT2D eigenvalue weighted by molar-refractivity contribution is -0.140. The Kier molecular flexibility index (Phi) is 10.7. The summed E-state index contributed by atoms with van der Waals surface area (Å²) in [6, 6.07) is 8.77. The number of carbonyl (C=O) groups excluding carboxylic acids is 2. The maximum Gasteiger partial charge on any atom is 0.244 e. The smallest absolute Gasteiger partial charge is 0.244 e. The van der Waals surface area contributed by atoms with Crippen LogP contribution in [0, 0.1) is 0 Å². The van der Waals surface area contributed by atoms with Gasteiger partial charge in [0.25, 0.3) is 0 Å². The van der Waals surface area contributed by atoms with Crippen molar-refractivity contribution in [1.82, 2.24) is 10.2 Å². The summed E-state index contributed by atoms with van der Waals surface area (Å²) in [5.41, 5.74) is 0.915. The third kappa shape index (κ3) is 7.70. The number of sulfonamides is 1. The molecule has 2 atom stereocenters. The van der Waals surface area contributed by atoms with Crippen LogP contribution in [-0.4, -0.2) is 62.7 Å². The predicted octanol–water partition coefficient (Wildman–Crippen LogP) is 4.64. The summed E-state index contributed by atoms with van der Waals surface area (Å²) >= 11 is 12.3. The Bertz CT molecular complexity index is 1290. The average molecular weight is 601 g/mol. The average Bonchev–Trinajstić information content (AvgIpc) is 2.92. The number of hydrogen-bond acceptors (Lipinski definition) is 6. The minimum atomic E-state index is -3.88. The Morgan fingerprint density at radius 2 is 1.67 bits per heavy atom. The van der Waals surface area contributed by atoms with Crippen molar-refractivity contribution in [3.05, 3.63) is 52.0 Å². The van der Waals surface area contributed by atoms with Crippen LogP contribution in [-0.2, 0) is 26.2 Å². The van der Waals surface area contributed by atoms with E-state index in [9.17, 15) is 18.0 Å². The van der Waals surface area contributed by atoms with Crippen molar-refractivity contribution < 1.29 is 27.5 Å². The van der Waals surface area contributed by atoms with Crippen LogP contribution in [0.5, 0.6) is 11.5 Å². The summed E-state index contributed by atoms with van der Waals surface area (Å²) in [6.07, 6.45) is 1.04. The number of anilines is 1. The molecular weight excluding hydrogens is 565 g/mol. The van der Waals surface area contributed by atoms with E-state index in [1.54, 1.807) is 43.3 Å². The topological polar surface area (TPSA) is 105 Å². The highest BCUT2D eigenvalue weighted by Gasteiger charge is 2.33. The largest absolute Gasteiger partial charge is 0.486 e. The number of benzene rings is 2. The number of amides is 2. The van der Waals surface area contributed by atoms with Gasteiger partial charge in [0.1, 0.15) is 25.8 Å².